The number of aliphatic hydroxyl groups is 1. The third kappa shape index (κ3) is 15.4. The number of hydrogen-bond donors (Lipinski definition) is 4. The van der Waals surface area contributed by atoms with Gasteiger partial charge in [-0.15, -0.1) is 5.10 Å². The molecule has 5 atom stereocenters. The number of benzene rings is 3. The van der Waals surface area contributed by atoms with Gasteiger partial charge in [0.05, 0.1) is 78.8 Å². The number of aliphatic hydroxyl groups excluding tert-OH is 1. The van der Waals surface area contributed by atoms with Crippen molar-refractivity contribution in [2.45, 2.75) is 123 Å². The quantitative estimate of drug-likeness (QED) is 0.0193. The van der Waals surface area contributed by atoms with Crippen LogP contribution < -0.4 is 25.7 Å². The molecule has 1 saturated heterocycles. The van der Waals surface area contributed by atoms with Gasteiger partial charge >= 0.3 is 0 Å². The molecular weight excluding hydrogens is 1050 g/mol. The summed E-state index contributed by atoms with van der Waals surface area (Å²) >= 11 is 0. The molecule has 24 heteroatoms. The molecule has 23 nitrogen and oxygen atoms in total. The van der Waals surface area contributed by atoms with Crippen LogP contribution >= 0.6 is 8.53 Å². The van der Waals surface area contributed by atoms with E-state index in [-0.39, 0.29) is 80.5 Å². The number of rotatable bonds is 32. The minimum atomic E-state index is -1.96. The number of aromatic nitrogens is 7. The summed E-state index contributed by atoms with van der Waals surface area (Å²) < 4.78 is 57.9. The monoisotopic (exact) mass is 1120 g/mol. The first kappa shape index (κ1) is 60.9. The first-order chi connectivity index (χ1) is 38.7. The van der Waals surface area contributed by atoms with E-state index in [9.17, 15) is 19.6 Å². The van der Waals surface area contributed by atoms with Crippen LogP contribution in [0, 0.1) is 17.2 Å². The maximum absolute atomic E-state index is 13.7. The van der Waals surface area contributed by atoms with Gasteiger partial charge < -0.3 is 47.9 Å². The molecule has 0 bridgehead atoms. The lowest BCUT2D eigenvalue weighted by Gasteiger charge is -2.39. The highest BCUT2D eigenvalue weighted by molar-refractivity contribution is 7.44. The molecule has 1 aliphatic rings. The number of nitrogens with one attached hydrogen (secondary N) is 3. The molecule has 0 spiro atoms. The van der Waals surface area contributed by atoms with Crippen LogP contribution in [0.4, 0.5) is 5.95 Å². The molecule has 0 radical (unpaired) electrons. The van der Waals surface area contributed by atoms with Crippen molar-refractivity contribution in [1.82, 2.24) is 44.5 Å². The standard InChI is InChI=1S/C56H74N11O12P/c1-37(2)52(70)61-55-60-51-48(53(71)62-55)59-36-66(51)54-50(75-34-43-33-65(64-63-43)28-32-74-31-27-58-47(69)17-12-13-29-68)49(79-80(77-30-14-26-57)67(38(3)4)39(5)6)46(78-54)35-76-56(40-15-10-9-11-16-40,41-18-22-44(72-7)23-19-41)42-20-24-45(73-8)25-21-42/h9-11,15-16,18-25,33,36-39,46,49-50,54,68H,12-14,17,27-32,34-35H2,1-8H3,(H,58,69)(H2,60,61,62,70,71)/t46-,49-,50-,54-,80?/m1/s1. The Morgan fingerprint density at radius 1 is 0.912 bits per heavy atom. The van der Waals surface area contributed by atoms with Gasteiger partial charge in [-0.2, -0.15) is 10.2 Å². The average molecular weight is 1120 g/mol. The lowest BCUT2D eigenvalue weighted by atomic mass is 9.80. The van der Waals surface area contributed by atoms with Crippen molar-refractivity contribution in [2.75, 3.05) is 59.1 Å². The molecule has 6 aromatic rings. The van der Waals surface area contributed by atoms with Crippen LogP contribution in [0.1, 0.15) is 95.8 Å². The zero-order valence-electron chi connectivity index (χ0n) is 46.6. The number of imidazole rings is 1. The number of H-pyrrole nitrogens is 1. The Morgan fingerprint density at radius 2 is 1.59 bits per heavy atom. The predicted octanol–water partition coefficient (Wildman–Crippen LogP) is 6.77. The van der Waals surface area contributed by atoms with Gasteiger partial charge in [0.25, 0.3) is 14.1 Å². The number of anilines is 1. The molecule has 3 aromatic carbocycles. The van der Waals surface area contributed by atoms with Crippen LogP contribution in [0.3, 0.4) is 0 Å². The average Bonchev–Trinajstić information content (AvgIpc) is 4.20. The minimum Gasteiger partial charge on any atom is -0.497 e. The maximum atomic E-state index is 13.7. The molecule has 7 rings (SSSR count). The second-order valence-corrected chi connectivity index (χ2v) is 21.2. The molecular formula is C56H74N11O12P. The van der Waals surface area contributed by atoms with Crippen molar-refractivity contribution in [2.24, 2.45) is 5.92 Å². The number of methoxy groups -OCH3 is 2. The second kappa shape index (κ2) is 29.7. The Hall–Kier alpha value is -6.71. The van der Waals surface area contributed by atoms with E-state index in [1.54, 1.807) is 43.5 Å². The number of carbonyl (C=O) groups is 2. The minimum absolute atomic E-state index is 0.0207. The lowest BCUT2D eigenvalue weighted by molar-refractivity contribution is -0.121. The summed E-state index contributed by atoms with van der Waals surface area (Å²) in [6.45, 7) is 12.8. The van der Waals surface area contributed by atoms with Gasteiger partial charge in [0, 0.05) is 37.6 Å². The highest BCUT2D eigenvalue weighted by Gasteiger charge is 2.52. The molecule has 3 aromatic heterocycles. The molecule has 80 heavy (non-hydrogen) atoms. The first-order valence-corrected chi connectivity index (χ1v) is 28.0. The van der Waals surface area contributed by atoms with E-state index < -0.39 is 50.1 Å². The summed E-state index contributed by atoms with van der Waals surface area (Å²) in [6.07, 6.45) is 0.608. The van der Waals surface area contributed by atoms with E-state index in [1.807, 2.05) is 107 Å². The van der Waals surface area contributed by atoms with E-state index in [0.29, 0.717) is 56.2 Å². The zero-order valence-corrected chi connectivity index (χ0v) is 47.5. The Bertz CT molecular complexity index is 2930. The second-order valence-electron chi connectivity index (χ2n) is 19.8. The molecule has 4 N–H and O–H groups in total. The molecule has 4 heterocycles. The molecule has 1 aliphatic heterocycles. The molecule has 0 aliphatic carbocycles. The van der Waals surface area contributed by atoms with Crippen LogP contribution in [-0.2, 0) is 56.3 Å². The number of fused-ring (bicyclic) bond motifs is 1. The van der Waals surface area contributed by atoms with Crippen LogP contribution in [0.2, 0.25) is 0 Å². The Labute approximate surface area is 467 Å². The van der Waals surface area contributed by atoms with Gasteiger partial charge in [-0.05, 0) is 81.5 Å². The van der Waals surface area contributed by atoms with E-state index in [0.717, 1.165) is 16.7 Å². The number of nitrogens with zero attached hydrogens (tertiary/aromatic N) is 8. The van der Waals surface area contributed by atoms with Crippen LogP contribution in [0.25, 0.3) is 11.2 Å². The summed E-state index contributed by atoms with van der Waals surface area (Å²) in [6, 6.07) is 27.2. The van der Waals surface area contributed by atoms with Crippen LogP contribution in [0.15, 0.2) is 96.2 Å². The summed E-state index contributed by atoms with van der Waals surface area (Å²) in [5.74, 6) is 0.325. The molecule has 2 amide bonds. The maximum Gasteiger partial charge on any atom is 0.280 e. The Balaban J connectivity index is 1.31. The summed E-state index contributed by atoms with van der Waals surface area (Å²) in [5, 5.41) is 33.0. The van der Waals surface area contributed by atoms with Crippen molar-refractivity contribution in [3.05, 3.63) is 124 Å². The van der Waals surface area contributed by atoms with E-state index >= 15 is 0 Å². The number of unbranched alkanes of at least 4 members (excludes halogenated alkanes) is 1. The fourth-order valence-corrected chi connectivity index (χ4v) is 11.0. The van der Waals surface area contributed by atoms with E-state index in [2.05, 4.69) is 41.7 Å². The van der Waals surface area contributed by atoms with Crippen molar-refractivity contribution >= 4 is 37.5 Å². The number of aromatic amines is 1. The third-order valence-electron chi connectivity index (χ3n) is 13.1. The van der Waals surface area contributed by atoms with Crippen LogP contribution in [0.5, 0.6) is 11.5 Å². The smallest absolute Gasteiger partial charge is 0.280 e. The number of nitriles is 1. The molecule has 1 fully saturated rings. The SMILES string of the molecule is COc1ccc(C(OC[C@H]2O[C@@H](n3cnc4c(=O)[nH]c(NC(=O)C(C)C)nc43)[C@H](OCc3cn(CCOCCNC(=O)CCCCO)nn3)[C@@H]2OP(OCCC#N)N(C(C)C)C(C)C)(c2ccccc2)c2ccc(OC)cc2)cc1. The van der Waals surface area contributed by atoms with Gasteiger partial charge in [-0.1, -0.05) is 73.7 Å². The van der Waals surface area contributed by atoms with Gasteiger partial charge in [0.15, 0.2) is 17.4 Å². The summed E-state index contributed by atoms with van der Waals surface area (Å²) in [5.41, 5.74) is 0.979. The number of carbonyl (C=O) groups excluding carboxylic acids is 2. The third-order valence-corrected chi connectivity index (χ3v) is 15.3. The highest BCUT2D eigenvalue weighted by atomic mass is 31.2. The van der Waals surface area contributed by atoms with Crippen LogP contribution in [-0.4, -0.2) is 140 Å². The van der Waals surface area contributed by atoms with Gasteiger partial charge in [-0.25, -0.2) is 14.3 Å². The van der Waals surface area contributed by atoms with E-state index in [4.69, 9.17) is 47.6 Å². The number of ether oxygens (including phenoxy) is 6. The fraction of sp³-hybridized carbons (Fsp3) is 0.500. The van der Waals surface area contributed by atoms with Gasteiger partial charge in [0.1, 0.15) is 41.1 Å². The number of hydrogen-bond acceptors (Lipinski definition) is 18. The zero-order chi connectivity index (χ0) is 57.2. The Kier molecular flexibility index (Phi) is 22.6. The van der Waals surface area contributed by atoms with Crippen molar-refractivity contribution in [1.29, 1.82) is 5.26 Å². The summed E-state index contributed by atoms with van der Waals surface area (Å²) in [4.78, 5) is 50.6. The topological polar surface area (TPSA) is 274 Å². The fourth-order valence-electron chi connectivity index (χ4n) is 9.19. The molecule has 1 unspecified atom stereocenters. The van der Waals surface area contributed by atoms with Crippen molar-refractivity contribution in [3.63, 3.8) is 0 Å². The molecule has 0 saturated carbocycles. The first-order valence-electron chi connectivity index (χ1n) is 26.8. The van der Waals surface area contributed by atoms with Gasteiger partial charge in [0.2, 0.25) is 17.8 Å². The summed E-state index contributed by atoms with van der Waals surface area (Å²) in [7, 11) is 1.26. The normalized spacial score (nSPS) is 16.9. The Morgan fingerprint density at radius 3 is 2.21 bits per heavy atom. The molecule has 430 valence electrons. The lowest BCUT2D eigenvalue weighted by Crippen LogP contribution is -2.43. The largest absolute Gasteiger partial charge is 0.497 e. The van der Waals surface area contributed by atoms with Crippen molar-refractivity contribution < 1.29 is 52.2 Å². The predicted molar refractivity (Wildman–Crippen MR) is 297 cm³/mol. The van der Waals surface area contributed by atoms with E-state index in [1.165, 1.54) is 6.33 Å². The number of amides is 2. The van der Waals surface area contributed by atoms with Gasteiger partial charge in [-0.3, -0.25) is 29.3 Å². The van der Waals surface area contributed by atoms with Crippen molar-refractivity contribution in [3.8, 4) is 17.6 Å². The highest BCUT2D eigenvalue weighted by Crippen LogP contribution is 2.52.